The zero-order valence-electron chi connectivity index (χ0n) is 18.3. The Kier molecular flexibility index (Phi) is 14.5. The van der Waals surface area contributed by atoms with Crippen molar-refractivity contribution in [3.05, 3.63) is 35.6 Å². The molecule has 0 aliphatic heterocycles. The predicted molar refractivity (Wildman–Crippen MR) is 129 cm³/mol. The molecule has 28 heavy (non-hydrogen) atoms. The second kappa shape index (κ2) is 15.0. The molecule has 1 aromatic rings. The summed E-state index contributed by atoms with van der Waals surface area (Å²) in [5, 5.41) is 6.85. The van der Waals surface area contributed by atoms with E-state index in [-0.39, 0.29) is 35.8 Å². The Hall–Kier alpha value is -0.930. The predicted octanol–water partition coefficient (Wildman–Crippen LogP) is 3.72. The summed E-state index contributed by atoms with van der Waals surface area (Å²) in [5.74, 6) is 0.581. The van der Waals surface area contributed by atoms with Gasteiger partial charge in [-0.1, -0.05) is 26.0 Å². The monoisotopic (exact) mass is 507 g/mol. The van der Waals surface area contributed by atoms with Crippen LogP contribution in [0.2, 0.25) is 0 Å². The summed E-state index contributed by atoms with van der Waals surface area (Å²) in [6, 6.07) is 7.20. The van der Waals surface area contributed by atoms with Crippen molar-refractivity contribution in [3.63, 3.8) is 0 Å². The second-order valence-corrected chi connectivity index (χ2v) is 7.20. The third-order valence-corrected chi connectivity index (χ3v) is 4.93. The number of halogens is 2. The first-order valence-electron chi connectivity index (χ1n) is 10.0. The lowest BCUT2D eigenvalue weighted by atomic mass is 10.1. The summed E-state index contributed by atoms with van der Waals surface area (Å²) in [7, 11) is 5.79. The van der Waals surface area contributed by atoms with Crippen molar-refractivity contribution in [2.45, 2.75) is 45.7 Å². The number of benzene rings is 1. The van der Waals surface area contributed by atoms with Crippen LogP contribution in [0.5, 0.6) is 0 Å². The van der Waals surface area contributed by atoms with E-state index in [0.29, 0.717) is 12.6 Å². The van der Waals surface area contributed by atoms with Crippen LogP contribution in [0, 0.1) is 5.82 Å². The molecule has 0 spiro atoms. The number of likely N-dealkylation sites (N-methyl/N-ethyl adjacent to an activating group) is 1. The van der Waals surface area contributed by atoms with Crippen LogP contribution < -0.4 is 10.6 Å². The van der Waals surface area contributed by atoms with Crippen LogP contribution in [-0.4, -0.2) is 69.1 Å². The van der Waals surface area contributed by atoms with E-state index >= 15 is 0 Å². The number of rotatable bonds is 11. The first-order chi connectivity index (χ1) is 12.9. The fourth-order valence-corrected chi connectivity index (χ4v) is 3.17. The van der Waals surface area contributed by atoms with Crippen molar-refractivity contribution >= 4 is 29.9 Å². The molecule has 0 saturated carbocycles. The summed E-state index contributed by atoms with van der Waals surface area (Å²) in [4.78, 5) is 8.87. The summed E-state index contributed by atoms with van der Waals surface area (Å²) < 4.78 is 13.6. The van der Waals surface area contributed by atoms with Gasteiger partial charge in [-0.2, -0.15) is 0 Å². The number of nitrogens with one attached hydrogen (secondary N) is 2. The molecule has 162 valence electrons. The van der Waals surface area contributed by atoms with Crippen molar-refractivity contribution in [3.8, 4) is 0 Å². The van der Waals surface area contributed by atoms with Crippen molar-refractivity contribution < 1.29 is 4.39 Å². The third kappa shape index (κ3) is 10.0. The molecule has 7 heteroatoms. The molecule has 0 radical (unpaired) electrons. The highest BCUT2D eigenvalue weighted by Crippen LogP contribution is 2.18. The molecular formula is C21H39FIN5. The van der Waals surface area contributed by atoms with E-state index < -0.39 is 0 Å². The van der Waals surface area contributed by atoms with Crippen molar-refractivity contribution in [1.82, 2.24) is 20.4 Å². The van der Waals surface area contributed by atoms with Gasteiger partial charge in [-0.05, 0) is 71.2 Å². The molecule has 2 N–H and O–H groups in total. The maximum atomic E-state index is 13.6. The van der Waals surface area contributed by atoms with Crippen LogP contribution in [0.15, 0.2) is 29.3 Å². The average Bonchev–Trinajstić information content (AvgIpc) is 2.64. The number of aliphatic imine (C=N–C) groups is 1. The minimum Gasteiger partial charge on any atom is -0.354 e. The topological polar surface area (TPSA) is 42.9 Å². The van der Waals surface area contributed by atoms with Crippen LogP contribution in [-0.2, 0) is 0 Å². The van der Waals surface area contributed by atoms with Crippen LogP contribution >= 0.6 is 24.0 Å². The molecule has 1 aromatic carbocycles. The molecule has 1 rings (SSSR count). The molecule has 0 aromatic heterocycles. The van der Waals surface area contributed by atoms with Gasteiger partial charge in [0.15, 0.2) is 5.96 Å². The molecule has 0 aliphatic rings. The lowest BCUT2D eigenvalue weighted by molar-refractivity contribution is 0.291. The van der Waals surface area contributed by atoms with Gasteiger partial charge in [0.1, 0.15) is 5.82 Å². The van der Waals surface area contributed by atoms with Gasteiger partial charge >= 0.3 is 0 Å². The fourth-order valence-electron chi connectivity index (χ4n) is 3.17. The van der Waals surface area contributed by atoms with Crippen LogP contribution in [0.4, 0.5) is 4.39 Å². The van der Waals surface area contributed by atoms with E-state index in [2.05, 4.69) is 46.2 Å². The minimum atomic E-state index is -0.205. The summed E-state index contributed by atoms with van der Waals surface area (Å²) in [5.41, 5.74) is 0.954. The largest absolute Gasteiger partial charge is 0.354 e. The van der Waals surface area contributed by atoms with E-state index in [0.717, 1.165) is 44.0 Å². The number of nitrogens with zero attached hydrogens (tertiary/aromatic N) is 3. The first-order valence-corrected chi connectivity index (χ1v) is 10.0. The van der Waals surface area contributed by atoms with Crippen LogP contribution in [0.3, 0.4) is 0 Å². The highest BCUT2D eigenvalue weighted by Gasteiger charge is 2.16. The molecular weight excluding hydrogens is 468 g/mol. The standard InChI is InChI=1S/C21H38FN5.HI/c1-7-27(8-2)14-10-11-17(3)25-21(23-4)24-16-20(26(5)6)18-12-9-13-19(22)15-18;/h9,12-13,15,17,20H,7-8,10-11,14,16H2,1-6H3,(H2,23,24,25);1H. The molecule has 0 amide bonds. The highest BCUT2D eigenvalue weighted by atomic mass is 127. The molecule has 0 aliphatic carbocycles. The Labute approximate surface area is 188 Å². The van der Waals surface area contributed by atoms with Gasteiger partial charge in [0.2, 0.25) is 0 Å². The molecule has 2 unspecified atom stereocenters. The Balaban J connectivity index is 0.00000729. The summed E-state index contributed by atoms with van der Waals surface area (Å²) >= 11 is 0. The molecule has 0 heterocycles. The van der Waals surface area contributed by atoms with Crippen LogP contribution in [0.25, 0.3) is 0 Å². The molecule has 5 nitrogen and oxygen atoms in total. The normalized spacial score (nSPS) is 14.0. The highest BCUT2D eigenvalue weighted by molar-refractivity contribution is 14.0. The Morgan fingerprint density at radius 1 is 1.21 bits per heavy atom. The van der Waals surface area contributed by atoms with Crippen molar-refractivity contribution in [2.24, 2.45) is 4.99 Å². The van der Waals surface area contributed by atoms with Crippen LogP contribution in [0.1, 0.15) is 45.2 Å². The number of guanidine groups is 1. The van der Waals surface area contributed by atoms with Gasteiger partial charge in [0.05, 0.1) is 6.04 Å². The minimum absolute atomic E-state index is 0. The average molecular weight is 507 g/mol. The third-order valence-electron chi connectivity index (χ3n) is 4.93. The van der Waals surface area contributed by atoms with Gasteiger partial charge in [-0.3, -0.25) is 4.99 Å². The van der Waals surface area contributed by atoms with E-state index in [1.807, 2.05) is 20.2 Å². The van der Waals surface area contributed by atoms with Gasteiger partial charge in [-0.15, -0.1) is 24.0 Å². The number of hydrogen-bond donors (Lipinski definition) is 2. The van der Waals surface area contributed by atoms with E-state index in [1.54, 1.807) is 19.2 Å². The maximum Gasteiger partial charge on any atom is 0.191 e. The Bertz CT molecular complexity index is 563. The lowest BCUT2D eigenvalue weighted by Crippen LogP contribution is -2.45. The number of hydrogen-bond acceptors (Lipinski definition) is 3. The fraction of sp³-hybridized carbons (Fsp3) is 0.667. The van der Waals surface area contributed by atoms with Gasteiger partial charge in [0, 0.05) is 19.6 Å². The van der Waals surface area contributed by atoms with Gasteiger partial charge < -0.3 is 20.4 Å². The molecule has 0 bridgehead atoms. The van der Waals surface area contributed by atoms with Gasteiger partial charge in [0.25, 0.3) is 0 Å². The SMILES string of the molecule is CCN(CC)CCCC(C)NC(=NC)NCC(c1cccc(F)c1)N(C)C.I. The Morgan fingerprint density at radius 3 is 2.43 bits per heavy atom. The van der Waals surface area contributed by atoms with E-state index in [1.165, 1.54) is 6.07 Å². The molecule has 2 atom stereocenters. The smallest absolute Gasteiger partial charge is 0.191 e. The molecule has 0 saturated heterocycles. The second-order valence-electron chi connectivity index (χ2n) is 7.20. The maximum absolute atomic E-state index is 13.6. The zero-order valence-corrected chi connectivity index (χ0v) is 20.7. The molecule has 0 fully saturated rings. The van der Waals surface area contributed by atoms with Crippen molar-refractivity contribution in [2.75, 3.05) is 47.3 Å². The lowest BCUT2D eigenvalue weighted by Gasteiger charge is -2.27. The van der Waals surface area contributed by atoms with Crippen molar-refractivity contribution in [1.29, 1.82) is 0 Å². The zero-order chi connectivity index (χ0) is 20.2. The Morgan fingerprint density at radius 2 is 1.89 bits per heavy atom. The van der Waals surface area contributed by atoms with E-state index in [4.69, 9.17) is 0 Å². The van der Waals surface area contributed by atoms with Gasteiger partial charge in [-0.25, -0.2) is 4.39 Å². The summed E-state index contributed by atoms with van der Waals surface area (Å²) in [6.45, 7) is 10.6. The summed E-state index contributed by atoms with van der Waals surface area (Å²) in [6.07, 6.45) is 2.26. The first kappa shape index (κ1) is 27.1. The van der Waals surface area contributed by atoms with E-state index in [9.17, 15) is 4.39 Å². The quantitative estimate of drug-likeness (QED) is 0.272.